The molecule has 0 saturated carbocycles. The van der Waals surface area contributed by atoms with E-state index < -0.39 is 0 Å². The van der Waals surface area contributed by atoms with E-state index in [4.69, 9.17) is 10.2 Å². The molecule has 0 radical (unpaired) electrons. The van der Waals surface area contributed by atoms with E-state index in [9.17, 15) is 9.59 Å². The number of unbranched alkanes of at least 4 members (excludes halogenated alkanes) is 16. The molecule has 7 nitrogen and oxygen atoms in total. The quantitative estimate of drug-likeness (QED) is 0.0709. The minimum absolute atomic E-state index is 0.300. The van der Waals surface area contributed by atoms with Crippen molar-refractivity contribution < 1.29 is 19.8 Å². The van der Waals surface area contributed by atoms with Gasteiger partial charge in [0.25, 0.3) is 0 Å². The van der Waals surface area contributed by atoms with Crippen LogP contribution in [0, 0.1) is 0 Å². The fourth-order valence-corrected chi connectivity index (χ4v) is 5.90. The fraction of sp³-hybridized carbons (Fsp3) is 0.946. The number of hydrogen-bond donors (Lipinski definition) is 2. The van der Waals surface area contributed by atoms with Crippen LogP contribution in [0.3, 0.4) is 0 Å². The van der Waals surface area contributed by atoms with Crippen molar-refractivity contribution in [2.24, 2.45) is 0 Å². The zero-order valence-electron chi connectivity index (χ0n) is 29.7. The van der Waals surface area contributed by atoms with E-state index in [1.54, 1.807) is 0 Å². The Hall–Kier alpha value is -1.18. The van der Waals surface area contributed by atoms with E-state index in [0.717, 1.165) is 103 Å². The van der Waals surface area contributed by atoms with Gasteiger partial charge in [-0.1, -0.05) is 90.9 Å². The summed E-state index contributed by atoms with van der Waals surface area (Å²) >= 11 is 0. The number of nitrogens with zero attached hydrogens (tertiary/aromatic N) is 3. The van der Waals surface area contributed by atoms with E-state index in [-0.39, 0.29) is 0 Å². The molecule has 2 N–H and O–H groups in total. The third-order valence-corrected chi connectivity index (χ3v) is 8.74. The number of amides is 2. The minimum Gasteiger partial charge on any atom is -0.396 e. The van der Waals surface area contributed by atoms with Crippen LogP contribution in [0.4, 0.5) is 0 Å². The maximum atomic E-state index is 12.6. The van der Waals surface area contributed by atoms with Crippen molar-refractivity contribution in [3.05, 3.63) is 0 Å². The van der Waals surface area contributed by atoms with Gasteiger partial charge in [-0.3, -0.25) is 9.59 Å². The van der Waals surface area contributed by atoms with Gasteiger partial charge in [0.2, 0.25) is 11.8 Å². The second-order valence-electron chi connectivity index (χ2n) is 13.1. The molecule has 0 atom stereocenters. The molecule has 0 unspecified atom stereocenters. The number of hydrogen-bond acceptors (Lipinski definition) is 5. The number of rotatable bonds is 34. The monoisotopic (exact) mass is 626 g/mol. The second kappa shape index (κ2) is 33.2. The lowest BCUT2D eigenvalue weighted by Gasteiger charge is -2.23. The predicted molar refractivity (Wildman–Crippen MR) is 187 cm³/mol. The van der Waals surface area contributed by atoms with Crippen LogP contribution < -0.4 is 0 Å². The summed E-state index contributed by atoms with van der Waals surface area (Å²) in [6.07, 6.45) is 26.1. The van der Waals surface area contributed by atoms with Gasteiger partial charge in [-0.05, 0) is 84.3 Å². The van der Waals surface area contributed by atoms with E-state index in [1.165, 1.54) is 77.0 Å². The Balaban J connectivity index is 3.97. The summed E-state index contributed by atoms with van der Waals surface area (Å²) in [6, 6.07) is 0. The lowest BCUT2D eigenvalue weighted by atomic mass is 10.1. The van der Waals surface area contributed by atoms with Crippen LogP contribution in [-0.4, -0.2) is 96.3 Å². The van der Waals surface area contributed by atoms with Crippen LogP contribution in [0.25, 0.3) is 0 Å². The molecule has 0 saturated heterocycles. The van der Waals surface area contributed by atoms with Crippen molar-refractivity contribution in [3.8, 4) is 0 Å². The largest absolute Gasteiger partial charge is 0.396 e. The molecule has 0 rings (SSSR count). The number of aliphatic hydroxyl groups is 2. The van der Waals surface area contributed by atoms with E-state index in [0.29, 0.717) is 37.9 Å². The van der Waals surface area contributed by atoms with E-state index in [1.807, 2.05) is 0 Å². The summed E-state index contributed by atoms with van der Waals surface area (Å²) < 4.78 is 0. The van der Waals surface area contributed by atoms with Gasteiger partial charge in [-0.15, -0.1) is 0 Å². The van der Waals surface area contributed by atoms with Crippen LogP contribution in [0.5, 0.6) is 0 Å². The molecular formula is C37H75N3O4. The lowest BCUT2D eigenvalue weighted by molar-refractivity contribution is -0.132. The first-order valence-electron chi connectivity index (χ1n) is 19.0. The van der Waals surface area contributed by atoms with Crippen molar-refractivity contribution in [2.75, 3.05) is 59.5 Å². The van der Waals surface area contributed by atoms with Crippen LogP contribution >= 0.6 is 0 Å². The maximum Gasteiger partial charge on any atom is 0.222 e. The highest BCUT2D eigenvalue weighted by atomic mass is 16.3. The summed E-state index contributed by atoms with van der Waals surface area (Å²) in [4.78, 5) is 31.8. The second-order valence-corrected chi connectivity index (χ2v) is 13.1. The Morgan fingerprint density at radius 2 is 0.659 bits per heavy atom. The SMILES string of the molecule is CCCC(=O)N(CCCCCCCCO)CCCCCCN(C)CCCCCCN(CCCCCCCCO)C(=O)CCC. The smallest absolute Gasteiger partial charge is 0.222 e. The molecular weight excluding hydrogens is 550 g/mol. The van der Waals surface area contributed by atoms with Crippen molar-refractivity contribution in [2.45, 2.75) is 168 Å². The Kier molecular flexibility index (Phi) is 32.3. The van der Waals surface area contributed by atoms with E-state index in [2.05, 4.69) is 35.6 Å². The maximum absolute atomic E-state index is 12.6. The van der Waals surface area contributed by atoms with Gasteiger partial charge in [-0.25, -0.2) is 0 Å². The van der Waals surface area contributed by atoms with Crippen molar-refractivity contribution in [1.29, 1.82) is 0 Å². The molecule has 0 aromatic heterocycles. The zero-order chi connectivity index (χ0) is 32.5. The number of carbonyl (C=O) groups is 2. The number of aliphatic hydroxyl groups excluding tert-OH is 2. The molecule has 0 heterocycles. The van der Waals surface area contributed by atoms with Crippen LogP contribution in [0.2, 0.25) is 0 Å². The summed E-state index contributed by atoms with van der Waals surface area (Å²) in [5, 5.41) is 17.8. The highest BCUT2D eigenvalue weighted by Gasteiger charge is 2.13. The molecule has 0 fully saturated rings. The zero-order valence-corrected chi connectivity index (χ0v) is 29.7. The first kappa shape index (κ1) is 42.8. The average Bonchev–Trinajstić information content (AvgIpc) is 3.01. The van der Waals surface area contributed by atoms with Crippen molar-refractivity contribution in [1.82, 2.24) is 14.7 Å². The van der Waals surface area contributed by atoms with Gasteiger partial charge in [0.05, 0.1) is 0 Å². The minimum atomic E-state index is 0.300. The lowest BCUT2D eigenvalue weighted by Crippen LogP contribution is -2.32. The Morgan fingerprint density at radius 1 is 0.409 bits per heavy atom. The van der Waals surface area contributed by atoms with Crippen LogP contribution in [-0.2, 0) is 9.59 Å². The summed E-state index contributed by atoms with van der Waals surface area (Å²) in [6.45, 7) is 10.7. The predicted octanol–water partition coefficient (Wildman–Crippen LogP) is 7.96. The molecule has 0 spiro atoms. The van der Waals surface area contributed by atoms with Crippen molar-refractivity contribution >= 4 is 11.8 Å². The third-order valence-electron chi connectivity index (χ3n) is 8.74. The fourth-order valence-electron chi connectivity index (χ4n) is 5.90. The molecule has 0 aliphatic carbocycles. The van der Waals surface area contributed by atoms with Gasteiger partial charge in [-0.2, -0.15) is 0 Å². The normalized spacial score (nSPS) is 11.4. The highest BCUT2D eigenvalue weighted by molar-refractivity contribution is 5.76. The van der Waals surface area contributed by atoms with Gasteiger partial charge in [0, 0.05) is 52.2 Å². The Morgan fingerprint density at radius 3 is 0.932 bits per heavy atom. The molecule has 0 aromatic carbocycles. The van der Waals surface area contributed by atoms with Crippen molar-refractivity contribution in [3.63, 3.8) is 0 Å². The molecule has 7 heteroatoms. The van der Waals surface area contributed by atoms with Gasteiger partial charge in [0.15, 0.2) is 0 Å². The molecule has 0 aromatic rings. The van der Waals surface area contributed by atoms with Gasteiger partial charge >= 0.3 is 0 Å². The third kappa shape index (κ3) is 27.2. The molecule has 262 valence electrons. The molecule has 0 bridgehead atoms. The summed E-state index contributed by atoms with van der Waals surface area (Å²) in [7, 11) is 2.24. The molecule has 44 heavy (non-hydrogen) atoms. The topological polar surface area (TPSA) is 84.3 Å². The highest BCUT2D eigenvalue weighted by Crippen LogP contribution is 2.12. The van der Waals surface area contributed by atoms with Crippen LogP contribution in [0.15, 0.2) is 0 Å². The summed E-state index contributed by atoms with van der Waals surface area (Å²) in [5.74, 6) is 0.656. The Bertz CT molecular complexity index is 582. The Labute approximate surface area is 273 Å². The molecule has 0 aliphatic heterocycles. The summed E-state index contributed by atoms with van der Waals surface area (Å²) in [5.41, 5.74) is 0. The number of carbonyl (C=O) groups excluding carboxylic acids is 2. The molecule has 0 aliphatic rings. The average molecular weight is 626 g/mol. The standard InChI is InChI=1S/C37H75N3O4/c1-4-26-36(43)39(30-20-10-6-8-16-24-34-41)32-22-14-12-18-28-38(3)29-19-13-15-23-33-40(37(44)27-5-2)31-21-11-7-9-17-25-35-42/h41-42H,4-35H2,1-3H3. The molecule has 2 amide bonds. The van der Waals surface area contributed by atoms with E-state index >= 15 is 0 Å². The van der Waals surface area contributed by atoms with Gasteiger partial charge in [0.1, 0.15) is 0 Å². The first-order valence-corrected chi connectivity index (χ1v) is 19.0. The first-order chi connectivity index (χ1) is 21.5. The van der Waals surface area contributed by atoms with Crippen LogP contribution in [0.1, 0.15) is 168 Å². The van der Waals surface area contributed by atoms with Gasteiger partial charge < -0.3 is 24.9 Å².